The maximum atomic E-state index is 3.40. The second-order valence-electron chi connectivity index (χ2n) is 6.12. The summed E-state index contributed by atoms with van der Waals surface area (Å²) in [4.78, 5) is 2.79. The molecule has 0 amide bonds. The van der Waals surface area contributed by atoms with Crippen molar-refractivity contribution in [1.82, 2.24) is 10.2 Å². The molecule has 0 bridgehead atoms. The molecule has 3 unspecified atom stereocenters. The molecule has 1 aliphatic heterocycles. The van der Waals surface area contributed by atoms with Crippen LogP contribution in [0.4, 0.5) is 0 Å². The largest absolute Gasteiger partial charge is 0.318 e. The van der Waals surface area contributed by atoms with Gasteiger partial charge in [0.1, 0.15) is 0 Å². The number of hydrogen-bond donors (Lipinski definition) is 1. The van der Waals surface area contributed by atoms with E-state index in [9.17, 15) is 0 Å². The number of likely N-dealkylation sites (tertiary alicyclic amines) is 1. The molecule has 2 fully saturated rings. The fourth-order valence-electron chi connectivity index (χ4n) is 4.12. The average Bonchev–Trinajstić information content (AvgIpc) is 2.89. The van der Waals surface area contributed by atoms with Gasteiger partial charge in [0, 0.05) is 18.6 Å². The first-order chi connectivity index (χ1) is 9.40. The van der Waals surface area contributed by atoms with Gasteiger partial charge in [-0.15, -0.1) is 0 Å². The number of hydrogen-bond acceptors (Lipinski definition) is 2. The molecule has 1 N–H and O–H groups in total. The van der Waals surface area contributed by atoms with Gasteiger partial charge in [-0.25, -0.2) is 0 Å². The van der Waals surface area contributed by atoms with Gasteiger partial charge in [-0.05, 0) is 44.3 Å². The summed E-state index contributed by atoms with van der Waals surface area (Å²) in [6, 6.07) is 12.4. The number of rotatable bonds is 4. The van der Waals surface area contributed by atoms with Gasteiger partial charge in [-0.3, -0.25) is 4.90 Å². The summed E-state index contributed by atoms with van der Waals surface area (Å²) < 4.78 is 0. The maximum Gasteiger partial charge on any atom is 0.0475 e. The topological polar surface area (TPSA) is 15.3 Å². The van der Waals surface area contributed by atoms with Crippen molar-refractivity contribution in [1.29, 1.82) is 0 Å². The lowest BCUT2D eigenvalue weighted by atomic mass is 9.84. The quantitative estimate of drug-likeness (QED) is 0.892. The fraction of sp³-hybridized carbons (Fsp3) is 0.647. The minimum atomic E-state index is 0.555. The summed E-state index contributed by atoms with van der Waals surface area (Å²) in [6.07, 6.45) is 7.17. The standard InChI is InChI=1S/C17H26N2/c1-18-13-17(14-7-3-2-4-8-14)19-12-11-15-9-5-6-10-16(15)19/h2-4,7-8,15-18H,5-6,9-13H2,1H3. The minimum Gasteiger partial charge on any atom is -0.318 e. The third-order valence-corrected chi connectivity index (χ3v) is 5.04. The number of fused-ring (bicyclic) bond motifs is 1. The van der Waals surface area contributed by atoms with Crippen LogP contribution in [0.1, 0.15) is 43.7 Å². The van der Waals surface area contributed by atoms with Gasteiger partial charge in [0.2, 0.25) is 0 Å². The molecule has 0 aromatic heterocycles. The zero-order valence-electron chi connectivity index (χ0n) is 12.0. The highest BCUT2D eigenvalue weighted by Gasteiger charge is 2.39. The van der Waals surface area contributed by atoms with Gasteiger partial charge in [0.05, 0.1) is 0 Å². The molecule has 3 rings (SSSR count). The normalized spacial score (nSPS) is 29.1. The molecular weight excluding hydrogens is 232 g/mol. The molecule has 3 atom stereocenters. The molecule has 1 saturated heterocycles. The van der Waals surface area contributed by atoms with E-state index in [1.165, 1.54) is 44.2 Å². The molecule has 1 heterocycles. The van der Waals surface area contributed by atoms with Gasteiger partial charge in [-0.1, -0.05) is 43.2 Å². The number of benzene rings is 1. The highest BCUT2D eigenvalue weighted by atomic mass is 15.2. The number of nitrogens with one attached hydrogen (secondary N) is 1. The van der Waals surface area contributed by atoms with E-state index in [1.54, 1.807) is 0 Å². The Bertz CT molecular complexity index is 390. The van der Waals surface area contributed by atoms with Gasteiger partial charge in [0.15, 0.2) is 0 Å². The van der Waals surface area contributed by atoms with Gasteiger partial charge >= 0.3 is 0 Å². The Labute approximate surface area is 117 Å². The van der Waals surface area contributed by atoms with Crippen LogP contribution in [0.3, 0.4) is 0 Å². The van der Waals surface area contributed by atoms with E-state index in [4.69, 9.17) is 0 Å². The second-order valence-corrected chi connectivity index (χ2v) is 6.12. The third kappa shape index (κ3) is 2.70. The van der Waals surface area contributed by atoms with Gasteiger partial charge in [-0.2, -0.15) is 0 Å². The molecule has 2 nitrogen and oxygen atoms in total. The first-order valence-corrected chi connectivity index (χ1v) is 7.85. The van der Waals surface area contributed by atoms with Crippen molar-refractivity contribution in [2.75, 3.05) is 20.1 Å². The molecule has 1 aromatic carbocycles. The monoisotopic (exact) mass is 258 g/mol. The van der Waals surface area contributed by atoms with Crippen molar-refractivity contribution < 1.29 is 0 Å². The smallest absolute Gasteiger partial charge is 0.0475 e. The zero-order chi connectivity index (χ0) is 13.1. The van der Waals surface area contributed by atoms with E-state index in [2.05, 4.69) is 47.6 Å². The lowest BCUT2D eigenvalue weighted by Crippen LogP contribution is -2.41. The summed E-state index contributed by atoms with van der Waals surface area (Å²) >= 11 is 0. The molecular formula is C17H26N2. The van der Waals surface area contributed by atoms with Crippen LogP contribution in [0.25, 0.3) is 0 Å². The molecule has 0 spiro atoms. The zero-order valence-corrected chi connectivity index (χ0v) is 12.0. The number of likely N-dealkylation sites (N-methyl/N-ethyl adjacent to an activating group) is 1. The first-order valence-electron chi connectivity index (χ1n) is 7.85. The summed E-state index contributed by atoms with van der Waals surface area (Å²) in [7, 11) is 2.07. The van der Waals surface area contributed by atoms with E-state index in [0.29, 0.717) is 6.04 Å². The predicted molar refractivity (Wildman–Crippen MR) is 80.2 cm³/mol. The lowest BCUT2D eigenvalue weighted by Gasteiger charge is -2.37. The first kappa shape index (κ1) is 13.1. The molecule has 19 heavy (non-hydrogen) atoms. The Hall–Kier alpha value is -0.860. The fourth-order valence-corrected chi connectivity index (χ4v) is 4.12. The van der Waals surface area contributed by atoms with Crippen molar-refractivity contribution in [2.24, 2.45) is 5.92 Å². The minimum absolute atomic E-state index is 0.555. The Kier molecular flexibility index (Phi) is 4.19. The molecule has 0 radical (unpaired) electrons. The van der Waals surface area contributed by atoms with Gasteiger partial charge in [0.25, 0.3) is 0 Å². The highest BCUT2D eigenvalue weighted by Crippen LogP contribution is 2.40. The Balaban J connectivity index is 1.80. The molecule has 104 valence electrons. The van der Waals surface area contributed by atoms with Crippen LogP contribution in [0.2, 0.25) is 0 Å². The van der Waals surface area contributed by atoms with E-state index in [0.717, 1.165) is 18.5 Å². The van der Waals surface area contributed by atoms with Crippen LogP contribution >= 0.6 is 0 Å². The van der Waals surface area contributed by atoms with E-state index in [-0.39, 0.29) is 0 Å². The second kappa shape index (κ2) is 6.06. The van der Waals surface area contributed by atoms with E-state index >= 15 is 0 Å². The summed E-state index contributed by atoms with van der Waals surface area (Å²) in [6.45, 7) is 2.35. The maximum absolute atomic E-state index is 3.40. The number of nitrogens with zero attached hydrogens (tertiary/aromatic N) is 1. The van der Waals surface area contributed by atoms with Crippen LogP contribution in [0.5, 0.6) is 0 Å². The predicted octanol–water partition coefficient (Wildman–Crippen LogP) is 3.21. The van der Waals surface area contributed by atoms with Crippen LogP contribution in [-0.4, -0.2) is 31.1 Å². The van der Waals surface area contributed by atoms with Crippen molar-refractivity contribution in [3.05, 3.63) is 35.9 Å². The summed E-state index contributed by atoms with van der Waals surface area (Å²) in [5.74, 6) is 0.969. The van der Waals surface area contributed by atoms with Gasteiger partial charge < -0.3 is 5.32 Å². The van der Waals surface area contributed by atoms with Crippen molar-refractivity contribution in [3.63, 3.8) is 0 Å². The Morgan fingerprint density at radius 1 is 1.16 bits per heavy atom. The highest BCUT2D eigenvalue weighted by molar-refractivity contribution is 5.20. The molecule has 1 saturated carbocycles. The SMILES string of the molecule is CNCC(c1ccccc1)N1CCC2CCCCC21. The van der Waals surface area contributed by atoms with Crippen molar-refractivity contribution in [2.45, 2.75) is 44.2 Å². The van der Waals surface area contributed by atoms with Crippen LogP contribution in [-0.2, 0) is 0 Å². The van der Waals surface area contributed by atoms with E-state index in [1.807, 2.05) is 0 Å². The van der Waals surface area contributed by atoms with Crippen molar-refractivity contribution >= 4 is 0 Å². The summed E-state index contributed by atoms with van der Waals surface area (Å²) in [5.41, 5.74) is 1.48. The van der Waals surface area contributed by atoms with Crippen LogP contribution < -0.4 is 5.32 Å². The Morgan fingerprint density at radius 3 is 2.74 bits per heavy atom. The molecule has 1 aliphatic carbocycles. The molecule has 2 aliphatic rings. The average molecular weight is 258 g/mol. The lowest BCUT2D eigenvalue weighted by molar-refractivity contribution is 0.131. The van der Waals surface area contributed by atoms with E-state index < -0.39 is 0 Å². The Morgan fingerprint density at radius 2 is 1.95 bits per heavy atom. The van der Waals surface area contributed by atoms with Crippen LogP contribution in [0, 0.1) is 5.92 Å². The van der Waals surface area contributed by atoms with Crippen molar-refractivity contribution in [3.8, 4) is 0 Å². The van der Waals surface area contributed by atoms with Crippen LogP contribution in [0.15, 0.2) is 30.3 Å². The summed E-state index contributed by atoms with van der Waals surface area (Å²) in [5, 5.41) is 3.40. The molecule has 1 aromatic rings. The third-order valence-electron chi connectivity index (χ3n) is 5.04. The molecule has 2 heteroatoms.